The fourth-order valence-electron chi connectivity index (χ4n) is 4.14. The number of anilines is 1. The lowest BCUT2D eigenvalue weighted by atomic mass is 9.91. The molecule has 0 spiro atoms. The van der Waals surface area contributed by atoms with Crippen molar-refractivity contribution in [2.24, 2.45) is 0 Å². The first-order chi connectivity index (χ1) is 12.6. The van der Waals surface area contributed by atoms with E-state index in [0.717, 1.165) is 44.0 Å². The van der Waals surface area contributed by atoms with E-state index >= 15 is 0 Å². The molecule has 0 radical (unpaired) electrons. The zero-order chi connectivity index (χ0) is 18.1. The number of benzene rings is 1. The van der Waals surface area contributed by atoms with E-state index in [4.69, 9.17) is 16.3 Å². The Morgan fingerprint density at radius 2 is 1.92 bits per heavy atom. The average Bonchev–Trinajstić information content (AvgIpc) is 2.65. The summed E-state index contributed by atoms with van der Waals surface area (Å²) in [5, 5.41) is 0.665. The van der Waals surface area contributed by atoms with Crippen LogP contribution in [0.2, 0.25) is 5.02 Å². The molecule has 138 valence electrons. The van der Waals surface area contributed by atoms with Crippen LogP contribution in [0, 0.1) is 5.82 Å². The predicted molar refractivity (Wildman–Crippen MR) is 101 cm³/mol. The van der Waals surface area contributed by atoms with Crippen LogP contribution in [0.3, 0.4) is 0 Å². The summed E-state index contributed by atoms with van der Waals surface area (Å²) in [5.41, 5.74) is 0. The minimum absolute atomic E-state index is 0.157. The zero-order valence-corrected chi connectivity index (χ0v) is 15.6. The van der Waals surface area contributed by atoms with Crippen LogP contribution >= 0.6 is 11.6 Å². The Labute approximate surface area is 158 Å². The number of aromatic nitrogens is 1. The largest absolute Gasteiger partial charge is 0.489 e. The second-order valence-electron chi connectivity index (χ2n) is 7.10. The van der Waals surface area contributed by atoms with Crippen molar-refractivity contribution < 1.29 is 9.13 Å². The molecule has 2 aromatic rings. The SMILES string of the molecule is CC1[C@@H]2CCC(Oc3ccc(F)cc3)CN2CCN1c1ccc(Cl)cn1. The third-order valence-corrected chi connectivity index (χ3v) is 5.71. The molecule has 6 heteroatoms. The van der Waals surface area contributed by atoms with E-state index in [2.05, 4.69) is 21.7 Å². The highest BCUT2D eigenvalue weighted by Gasteiger charge is 2.38. The lowest BCUT2D eigenvalue weighted by molar-refractivity contribution is 0.0288. The number of pyridine rings is 1. The van der Waals surface area contributed by atoms with Crippen LogP contribution in [0.4, 0.5) is 10.2 Å². The Balaban J connectivity index is 1.40. The summed E-state index contributed by atoms with van der Waals surface area (Å²) < 4.78 is 19.1. The van der Waals surface area contributed by atoms with Crippen molar-refractivity contribution in [3.8, 4) is 5.75 Å². The average molecular weight is 376 g/mol. The number of hydrogen-bond acceptors (Lipinski definition) is 4. The van der Waals surface area contributed by atoms with E-state index in [1.165, 1.54) is 12.1 Å². The zero-order valence-electron chi connectivity index (χ0n) is 14.8. The van der Waals surface area contributed by atoms with Gasteiger partial charge < -0.3 is 9.64 Å². The van der Waals surface area contributed by atoms with E-state index in [9.17, 15) is 4.39 Å². The number of ether oxygens (including phenoxy) is 1. The molecule has 1 aromatic carbocycles. The van der Waals surface area contributed by atoms with Crippen molar-refractivity contribution in [2.45, 2.75) is 38.0 Å². The van der Waals surface area contributed by atoms with Crippen LogP contribution in [-0.2, 0) is 0 Å². The highest BCUT2D eigenvalue weighted by molar-refractivity contribution is 6.30. The van der Waals surface area contributed by atoms with E-state index in [-0.39, 0.29) is 11.9 Å². The maximum absolute atomic E-state index is 13.0. The Hall–Kier alpha value is -1.85. The van der Waals surface area contributed by atoms with Gasteiger partial charge in [-0.15, -0.1) is 0 Å². The molecule has 2 aliphatic heterocycles. The Morgan fingerprint density at radius 1 is 1.12 bits per heavy atom. The molecular formula is C20H23ClFN3O. The molecule has 2 saturated heterocycles. The van der Waals surface area contributed by atoms with Gasteiger partial charge in [0, 0.05) is 37.9 Å². The minimum atomic E-state index is -0.234. The first-order valence-electron chi connectivity index (χ1n) is 9.14. The van der Waals surface area contributed by atoms with Crippen molar-refractivity contribution in [1.29, 1.82) is 0 Å². The number of piperazine rings is 1. The summed E-state index contributed by atoms with van der Waals surface area (Å²) in [5.74, 6) is 1.50. The molecule has 1 aromatic heterocycles. The number of hydrogen-bond donors (Lipinski definition) is 0. The molecule has 0 aliphatic carbocycles. The van der Waals surface area contributed by atoms with Crippen LogP contribution < -0.4 is 9.64 Å². The van der Waals surface area contributed by atoms with Crippen molar-refractivity contribution in [1.82, 2.24) is 9.88 Å². The third kappa shape index (κ3) is 3.64. The second kappa shape index (κ2) is 7.41. The molecule has 4 nitrogen and oxygen atoms in total. The molecule has 0 amide bonds. The van der Waals surface area contributed by atoms with Gasteiger partial charge in [0.05, 0.1) is 5.02 Å². The number of fused-ring (bicyclic) bond motifs is 1. The van der Waals surface area contributed by atoms with Gasteiger partial charge in [-0.2, -0.15) is 0 Å². The third-order valence-electron chi connectivity index (χ3n) is 5.49. The molecule has 3 atom stereocenters. The molecule has 2 aliphatic rings. The number of rotatable bonds is 3. The van der Waals surface area contributed by atoms with Crippen LogP contribution in [0.5, 0.6) is 5.75 Å². The Bertz CT molecular complexity index is 740. The minimum Gasteiger partial charge on any atom is -0.489 e. The predicted octanol–water partition coefficient (Wildman–Crippen LogP) is 3.99. The molecule has 2 fully saturated rings. The molecule has 0 N–H and O–H groups in total. The highest BCUT2D eigenvalue weighted by atomic mass is 35.5. The van der Waals surface area contributed by atoms with Crippen molar-refractivity contribution in [3.63, 3.8) is 0 Å². The summed E-state index contributed by atoms with van der Waals surface area (Å²) in [6.45, 7) is 5.11. The van der Waals surface area contributed by atoms with Gasteiger partial charge in [0.1, 0.15) is 23.5 Å². The highest BCUT2D eigenvalue weighted by Crippen LogP contribution is 2.30. The topological polar surface area (TPSA) is 28.6 Å². The lowest BCUT2D eigenvalue weighted by Crippen LogP contribution is -2.62. The summed E-state index contributed by atoms with van der Waals surface area (Å²) in [6, 6.07) is 11.1. The fourth-order valence-corrected chi connectivity index (χ4v) is 4.25. The molecule has 3 heterocycles. The summed E-state index contributed by atoms with van der Waals surface area (Å²) in [6.07, 6.45) is 3.95. The first kappa shape index (κ1) is 17.6. The molecule has 2 unspecified atom stereocenters. The van der Waals surface area contributed by atoms with Crippen molar-refractivity contribution in [2.75, 3.05) is 24.5 Å². The van der Waals surface area contributed by atoms with E-state index < -0.39 is 0 Å². The van der Waals surface area contributed by atoms with Gasteiger partial charge in [-0.05, 0) is 56.2 Å². The van der Waals surface area contributed by atoms with Gasteiger partial charge in [0.25, 0.3) is 0 Å². The number of nitrogens with zero attached hydrogens (tertiary/aromatic N) is 3. The van der Waals surface area contributed by atoms with Gasteiger partial charge in [0.15, 0.2) is 0 Å². The Morgan fingerprint density at radius 3 is 2.65 bits per heavy atom. The standard InChI is InChI=1S/C20H23ClFN3O/c1-14-19-8-7-18(26-17-5-3-16(22)4-6-17)13-24(19)10-11-25(14)20-9-2-15(21)12-23-20/h2-6,9,12,14,18-19H,7-8,10-11,13H2,1H3/t14?,18?,19-/m0/s1. The van der Waals surface area contributed by atoms with Gasteiger partial charge in [-0.3, -0.25) is 4.90 Å². The summed E-state index contributed by atoms with van der Waals surface area (Å²) in [4.78, 5) is 9.38. The maximum Gasteiger partial charge on any atom is 0.128 e. The maximum atomic E-state index is 13.0. The molecule has 26 heavy (non-hydrogen) atoms. The number of halogens is 2. The first-order valence-corrected chi connectivity index (χ1v) is 9.52. The molecule has 0 saturated carbocycles. The van der Waals surface area contributed by atoms with Gasteiger partial charge in [-0.25, -0.2) is 9.37 Å². The van der Waals surface area contributed by atoms with E-state index in [1.54, 1.807) is 18.3 Å². The molecule has 0 bridgehead atoms. The smallest absolute Gasteiger partial charge is 0.128 e. The van der Waals surface area contributed by atoms with Gasteiger partial charge in [0.2, 0.25) is 0 Å². The van der Waals surface area contributed by atoms with E-state index in [0.29, 0.717) is 17.1 Å². The second-order valence-corrected chi connectivity index (χ2v) is 7.54. The monoisotopic (exact) mass is 375 g/mol. The van der Waals surface area contributed by atoms with Crippen LogP contribution in [0.1, 0.15) is 19.8 Å². The van der Waals surface area contributed by atoms with Crippen molar-refractivity contribution >= 4 is 17.4 Å². The van der Waals surface area contributed by atoms with E-state index in [1.807, 2.05) is 12.1 Å². The quantitative estimate of drug-likeness (QED) is 0.810. The van der Waals surface area contributed by atoms with Crippen LogP contribution in [0.15, 0.2) is 42.6 Å². The normalized spacial score (nSPS) is 26.4. The summed E-state index contributed by atoms with van der Waals surface area (Å²) in [7, 11) is 0. The lowest BCUT2D eigenvalue weighted by Gasteiger charge is -2.50. The van der Waals surface area contributed by atoms with Crippen molar-refractivity contribution in [3.05, 3.63) is 53.4 Å². The summed E-state index contributed by atoms with van der Waals surface area (Å²) >= 11 is 5.96. The van der Waals surface area contributed by atoms with Gasteiger partial charge >= 0.3 is 0 Å². The van der Waals surface area contributed by atoms with Crippen LogP contribution in [0.25, 0.3) is 0 Å². The molecule has 4 rings (SSSR count). The number of piperidine rings is 1. The van der Waals surface area contributed by atoms with Crippen LogP contribution in [-0.4, -0.2) is 47.7 Å². The Kier molecular flexibility index (Phi) is 5.00. The van der Waals surface area contributed by atoms with Gasteiger partial charge in [-0.1, -0.05) is 11.6 Å². The fraction of sp³-hybridized carbons (Fsp3) is 0.450. The molecular weight excluding hydrogens is 353 g/mol.